The van der Waals surface area contributed by atoms with E-state index in [1.54, 1.807) is 24.3 Å². The van der Waals surface area contributed by atoms with Gasteiger partial charge >= 0.3 is 0 Å². The molecule has 1 atom stereocenters. The van der Waals surface area contributed by atoms with Crippen LogP contribution < -0.4 is 9.62 Å². The third-order valence-corrected chi connectivity index (χ3v) is 5.65. The van der Waals surface area contributed by atoms with E-state index in [-0.39, 0.29) is 18.5 Å². The number of carbonyl (C=O) groups excluding carboxylic acids is 1. The molecular formula is C21H26N2O3S. The summed E-state index contributed by atoms with van der Waals surface area (Å²) in [5.74, 6) is -0.207. The Morgan fingerprint density at radius 2 is 1.78 bits per heavy atom. The molecule has 0 unspecified atom stereocenters. The van der Waals surface area contributed by atoms with Crippen molar-refractivity contribution >= 4 is 21.6 Å². The number of nitrogens with one attached hydrogen (secondary N) is 1. The molecule has 0 radical (unpaired) electrons. The summed E-state index contributed by atoms with van der Waals surface area (Å²) in [5, 5.41) is 2.98. The number of rotatable bonds is 7. The molecule has 0 fully saturated rings. The van der Waals surface area contributed by atoms with Gasteiger partial charge in [-0.1, -0.05) is 24.3 Å². The van der Waals surface area contributed by atoms with Crippen molar-refractivity contribution in [1.29, 1.82) is 0 Å². The molecule has 0 aliphatic heterocycles. The van der Waals surface area contributed by atoms with Crippen molar-refractivity contribution in [3.63, 3.8) is 0 Å². The van der Waals surface area contributed by atoms with Crippen LogP contribution in [0, 0.1) is 13.8 Å². The van der Waals surface area contributed by atoms with E-state index in [0.717, 1.165) is 11.8 Å². The van der Waals surface area contributed by atoms with E-state index < -0.39 is 10.0 Å². The predicted octanol–water partition coefficient (Wildman–Crippen LogP) is 3.75. The Morgan fingerprint density at radius 3 is 2.30 bits per heavy atom. The molecule has 1 amide bonds. The van der Waals surface area contributed by atoms with Crippen LogP contribution in [0.5, 0.6) is 0 Å². The monoisotopic (exact) mass is 386 g/mol. The highest BCUT2D eigenvalue weighted by Crippen LogP contribution is 2.20. The quantitative estimate of drug-likeness (QED) is 0.737. The lowest BCUT2D eigenvalue weighted by molar-refractivity contribution is 0.0940. The van der Waals surface area contributed by atoms with Crippen molar-refractivity contribution in [1.82, 2.24) is 5.32 Å². The maximum Gasteiger partial charge on any atom is 0.251 e. The first-order valence-electron chi connectivity index (χ1n) is 8.70. The van der Waals surface area contributed by atoms with Gasteiger partial charge in [0, 0.05) is 5.56 Å². The van der Waals surface area contributed by atoms with E-state index in [1.165, 1.54) is 21.5 Å². The molecule has 2 aromatic rings. The minimum Gasteiger partial charge on any atom is -0.346 e. The summed E-state index contributed by atoms with van der Waals surface area (Å²) in [4.78, 5) is 12.5. The van der Waals surface area contributed by atoms with Crippen LogP contribution in [0.3, 0.4) is 0 Å². The lowest BCUT2D eigenvalue weighted by atomic mass is 10.0. The summed E-state index contributed by atoms with van der Waals surface area (Å²) >= 11 is 0. The number of amides is 1. The molecule has 2 aromatic carbocycles. The first-order chi connectivity index (χ1) is 12.6. The maximum absolute atomic E-state index is 12.5. The van der Waals surface area contributed by atoms with Crippen molar-refractivity contribution in [3.8, 4) is 0 Å². The number of aryl methyl sites for hydroxylation is 2. The van der Waals surface area contributed by atoms with Crippen LogP contribution >= 0.6 is 0 Å². The number of sulfonamides is 1. The average molecular weight is 387 g/mol. The van der Waals surface area contributed by atoms with Gasteiger partial charge in [0.05, 0.1) is 24.5 Å². The summed E-state index contributed by atoms with van der Waals surface area (Å²) < 4.78 is 25.0. The summed E-state index contributed by atoms with van der Waals surface area (Å²) in [6.07, 6.45) is 2.66. The van der Waals surface area contributed by atoms with Gasteiger partial charge in [-0.15, -0.1) is 6.58 Å². The van der Waals surface area contributed by atoms with E-state index in [1.807, 2.05) is 26.0 Å². The van der Waals surface area contributed by atoms with Gasteiger partial charge in [0.15, 0.2) is 0 Å². The third kappa shape index (κ3) is 5.20. The first-order valence-corrected chi connectivity index (χ1v) is 10.5. The van der Waals surface area contributed by atoms with Gasteiger partial charge in [0.2, 0.25) is 10.0 Å². The Balaban J connectivity index is 2.15. The topological polar surface area (TPSA) is 66.5 Å². The minimum absolute atomic E-state index is 0.134. The number of nitrogens with zero attached hydrogens (tertiary/aromatic N) is 1. The molecule has 27 heavy (non-hydrogen) atoms. The van der Waals surface area contributed by atoms with Crippen molar-refractivity contribution in [3.05, 3.63) is 77.4 Å². The van der Waals surface area contributed by atoms with E-state index in [0.29, 0.717) is 11.3 Å². The molecule has 6 heteroatoms. The second-order valence-corrected chi connectivity index (χ2v) is 8.58. The SMILES string of the molecule is C=CCN(c1ccc(C(=O)N[C@@H](C)c2ccc(C)c(C)c2)cc1)S(C)(=O)=O. The van der Waals surface area contributed by atoms with E-state index in [2.05, 4.69) is 24.9 Å². The van der Waals surface area contributed by atoms with Gasteiger partial charge in [0.25, 0.3) is 5.91 Å². The Labute approximate surface area is 161 Å². The van der Waals surface area contributed by atoms with Crippen LogP contribution in [0.15, 0.2) is 55.1 Å². The molecule has 0 bridgehead atoms. The van der Waals surface area contributed by atoms with E-state index >= 15 is 0 Å². The Kier molecular flexibility index (Phi) is 6.44. The van der Waals surface area contributed by atoms with Gasteiger partial charge < -0.3 is 5.32 Å². The molecule has 144 valence electrons. The fraction of sp³-hybridized carbons (Fsp3) is 0.286. The highest BCUT2D eigenvalue weighted by molar-refractivity contribution is 7.92. The predicted molar refractivity (Wildman–Crippen MR) is 111 cm³/mol. The Bertz CT molecular complexity index is 934. The molecule has 0 aliphatic carbocycles. The normalized spacial score (nSPS) is 12.3. The van der Waals surface area contributed by atoms with Gasteiger partial charge in [-0.05, 0) is 61.7 Å². The van der Waals surface area contributed by atoms with Gasteiger partial charge in [-0.2, -0.15) is 0 Å². The van der Waals surface area contributed by atoms with Gasteiger partial charge in [-0.25, -0.2) is 8.42 Å². The van der Waals surface area contributed by atoms with Crippen LogP contribution in [-0.4, -0.2) is 27.1 Å². The van der Waals surface area contributed by atoms with Crippen LogP contribution in [0.1, 0.15) is 40.0 Å². The molecule has 0 saturated heterocycles. The molecular weight excluding hydrogens is 360 g/mol. The zero-order valence-electron chi connectivity index (χ0n) is 16.2. The maximum atomic E-state index is 12.5. The fourth-order valence-corrected chi connectivity index (χ4v) is 3.61. The van der Waals surface area contributed by atoms with Crippen LogP contribution in [-0.2, 0) is 10.0 Å². The molecule has 5 nitrogen and oxygen atoms in total. The van der Waals surface area contributed by atoms with E-state index in [4.69, 9.17) is 0 Å². The highest BCUT2D eigenvalue weighted by atomic mass is 32.2. The second-order valence-electron chi connectivity index (χ2n) is 6.67. The van der Waals surface area contributed by atoms with Crippen LogP contribution in [0.4, 0.5) is 5.69 Å². The smallest absolute Gasteiger partial charge is 0.251 e. The van der Waals surface area contributed by atoms with Gasteiger partial charge in [-0.3, -0.25) is 9.10 Å². The number of carbonyl (C=O) groups is 1. The summed E-state index contributed by atoms with van der Waals surface area (Å²) in [5.41, 5.74) is 4.40. The highest BCUT2D eigenvalue weighted by Gasteiger charge is 2.17. The zero-order chi connectivity index (χ0) is 20.2. The number of anilines is 1. The summed E-state index contributed by atoms with van der Waals surface area (Å²) in [7, 11) is -3.41. The standard InChI is InChI=1S/C21H26N2O3S/c1-6-13-23(27(5,25)26)20-11-9-18(10-12-20)21(24)22-17(4)19-8-7-15(2)16(3)14-19/h6-12,14,17H,1,13H2,2-5H3,(H,22,24)/t17-/m0/s1. The van der Waals surface area contributed by atoms with Crippen molar-refractivity contribution < 1.29 is 13.2 Å². The van der Waals surface area contributed by atoms with E-state index in [9.17, 15) is 13.2 Å². The van der Waals surface area contributed by atoms with Crippen molar-refractivity contribution in [2.45, 2.75) is 26.8 Å². The molecule has 1 N–H and O–H groups in total. The fourth-order valence-electron chi connectivity index (χ4n) is 2.73. The Morgan fingerprint density at radius 1 is 1.15 bits per heavy atom. The lowest BCUT2D eigenvalue weighted by Crippen LogP contribution is -2.30. The molecule has 2 rings (SSSR count). The Hall–Kier alpha value is -2.60. The molecule has 0 spiro atoms. The van der Waals surface area contributed by atoms with Crippen LogP contribution in [0.25, 0.3) is 0 Å². The zero-order valence-corrected chi connectivity index (χ0v) is 17.0. The molecule has 0 aromatic heterocycles. The largest absolute Gasteiger partial charge is 0.346 e. The molecule has 0 heterocycles. The minimum atomic E-state index is -3.41. The van der Waals surface area contributed by atoms with Crippen molar-refractivity contribution in [2.75, 3.05) is 17.1 Å². The van der Waals surface area contributed by atoms with Crippen LogP contribution in [0.2, 0.25) is 0 Å². The average Bonchev–Trinajstić information content (AvgIpc) is 2.61. The first kappa shape index (κ1) is 20.7. The molecule has 0 aliphatic rings. The lowest BCUT2D eigenvalue weighted by Gasteiger charge is -2.21. The number of hydrogen-bond donors (Lipinski definition) is 1. The van der Waals surface area contributed by atoms with Crippen molar-refractivity contribution in [2.24, 2.45) is 0 Å². The molecule has 0 saturated carbocycles. The number of benzene rings is 2. The summed E-state index contributed by atoms with van der Waals surface area (Å²) in [6, 6.07) is 12.5. The second kappa shape index (κ2) is 8.39. The third-order valence-electron chi connectivity index (χ3n) is 4.49. The van der Waals surface area contributed by atoms with Gasteiger partial charge in [0.1, 0.15) is 0 Å². The number of hydrogen-bond acceptors (Lipinski definition) is 3. The summed E-state index contributed by atoms with van der Waals surface area (Å²) in [6.45, 7) is 9.80.